The van der Waals surface area contributed by atoms with Gasteiger partial charge in [-0.05, 0) is 13.8 Å². The van der Waals surface area contributed by atoms with E-state index in [1.54, 1.807) is 0 Å². The SMILES string of the molecule is CC[n+]1cc[nH]c1Cc1[nH]cc[n+]1CC. The van der Waals surface area contributed by atoms with Crippen LogP contribution in [0.2, 0.25) is 0 Å². The van der Waals surface area contributed by atoms with E-state index in [9.17, 15) is 0 Å². The van der Waals surface area contributed by atoms with Crippen LogP contribution < -0.4 is 9.13 Å². The van der Waals surface area contributed by atoms with Gasteiger partial charge < -0.3 is 0 Å². The smallest absolute Gasteiger partial charge is 0.247 e. The van der Waals surface area contributed by atoms with Crippen LogP contribution in [0.15, 0.2) is 24.8 Å². The maximum atomic E-state index is 3.28. The van der Waals surface area contributed by atoms with Crippen molar-refractivity contribution in [1.82, 2.24) is 9.97 Å². The summed E-state index contributed by atoms with van der Waals surface area (Å²) in [4.78, 5) is 6.55. The lowest BCUT2D eigenvalue weighted by molar-refractivity contribution is -0.711. The fourth-order valence-electron chi connectivity index (χ4n) is 1.85. The van der Waals surface area contributed by atoms with Crippen LogP contribution in [-0.4, -0.2) is 9.97 Å². The number of aryl methyl sites for hydroxylation is 2. The van der Waals surface area contributed by atoms with Gasteiger partial charge in [-0.25, -0.2) is 19.1 Å². The number of nitrogens with one attached hydrogen (secondary N) is 2. The Labute approximate surface area is 89.6 Å². The summed E-state index contributed by atoms with van der Waals surface area (Å²) in [6, 6.07) is 0. The molecule has 0 saturated heterocycles. The van der Waals surface area contributed by atoms with Crippen LogP contribution in [0.1, 0.15) is 25.5 Å². The third-order valence-electron chi connectivity index (χ3n) is 2.72. The summed E-state index contributed by atoms with van der Waals surface area (Å²) < 4.78 is 4.45. The van der Waals surface area contributed by atoms with Crippen molar-refractivity contribution in [3.8, 4) is 0 Å². The molecule has 0 aliphatic heterocycles. The lowest BCUT2D eigenvalue weighted by Crippen LogP contribution is -2.39. The topological polar surface area (TPSA) is 39.3 Å². The molecule has 2 aromatic heterocycles. The van der Waals surface area contributed by atoms with Crippen molar-refractivity contribution in [3.05, 3.63) is 36.4 Å². The largest absolute Gasteiger partial charge is 0.266 e. The maximum Gasteiger partial charge on any atom is 0.266 e. The van der Waals surface area contributed by atoms with Crippen molar-refractivity contribution >= 4 is 0 Å². The van der Waals surface area contributed by atoms with E-state index >= 15 is 0 Å². The van der Waals surface area contributed by atoms with Gasteiger partial charge in [0.1, 0.15) is 24.8 Å². The summed E-state index contributed by atoms with van der Waals surface area (Å²) in [5, 5.41) is 0. The summed E-state index contributed by atoms with van der Waals surface area (Å²) in [6.07, 6.45) is 9.04. The van der Waals surface area contributed by atoms with Crippen molar-refractivity contribution in [2.24, 2.45) is 0 Å². The first kappa shape index (κ1) is 9.96. The van der Waals surface area contributed by atoms with Crippen molar-refractivity contribution in [2.45, 2.75) is 33.4 Å². The molecule has 0 aliphatic rings. The number of hydrogen-bond acceptors (Lipinski definition) is 0. The summed E-state index contributed by atoms with van der Waals surface area (Å²) in [6.45, 7) is 6.32. The van der Waals surface area contributed by atoms with E-state index in [4.69, 9.17) is 0 Å². The Hall–Kier alpha value is -1.58. The average Bonchev–Trinajstić information content (AvgIpc) is 2.87. The molecule has 2 aromatic rings. The summed E-state index contributed by atoms with van der Waals surface area (Å²) >= 11 is 0. The first-order valence-electron chi connectivity index (χ1n) is 5.46. The van der Waals surface area contributed by atoms with Crippen LogP contribution in [0.3, 0.4) is 0 Å². The summed E-state index contributed by atoms with van der Waals surface area (Å²) in [7, 11) is 0. The maximum absolute atomic E-state index is 3.28. The second-order valence-electron chi connectivity index (χ2n) is 3.56. The Kier molecular flexibility index (Phi) is 2.85. The molecule has 2 heterocycles. The monoisotopic (exact) mass is 206 g/mol. The Morgan fingerprint density at radius 2 is 1.40 bits per heavy atom. The van der Waals surface area contributed by atoms with E-state index in [-0.39, 0.29) is 0 Å². The van der Waals surface area contributed by atoms with Gasteiger partial charge in [0.2, 0.25) is 0 Å². The standard InChI is InChI=1S/C11H16N4/c1-3-14-7-5-12-10(14)9-11-13-6-8-15(11)4-2/h5-8H,3-4,9H2,1-2H3/p+2. The predicted octanol–water partition coefficient (Wildman–Crippen LogP) is 0.548. The molecule has 0 spiro atoms. The summed E-state index contributed by atoms with van der Waals surface area (Å²) in [5.74, 6) is 2.48. The number of hydrogen-bond donors (Lipinski definition) is 2. The van der Waals surface area contributed by atoms with Gasteiger partial charge in [0.15, 0.2) is 6.42 Å². The van der Waals surface area contributed by atoms with Crippen LogP contribution in [0.4, 0.5) is 0 Å². The van der Waals surface area contributed by atoms with Crippen LogP contribution in [0.25, 0.3) is 0 Å². The van der Waals surface area contributed by atoms with Gasteiger partial charge in [0, 0.05) is 0 Å². The van der Waals surface area contributed by atoms with E-state index in [2.05, 4.69) is 45.3 Å². The number of rotatable bonds is 4. The molecule has 15 heavy (non-hydrogen) atoms. The molecular formula is C11H18N4+2. The van der Waals surface area contributed by atoms with Gasteiger partial charge in [-0.3, -0.25) is 0 Å². The minimum absolute atomic E-state index is 0.918. The minimum atomic E-state index is 0.918. The molecule has 0 bridgehead atoms. The zero-order valence-electron chi connectivity index (χ0n) is 9.33. The zero-order chi connectivity index (χ0) is 10.7. The van der Waals surface area contributed by atoms with Crippen molar-refractivity contribution < 1.29 is 9.13 Å². The number of aromatic nitrogens is 4. The third-order valence-corrected chi connectivity index (χ3v) is 2.72. The van der Waals surface area contributed by atoms with Crippen molar-refractivity contribution in [1.29, 1.82) is 0 Å². The van der Waals surface area contributed by atoms with E-state index in [0.717, 1.165) is 19.5 Å². The summed E-state index contributed by atoms with van der Waals surface area (Å²) in [5.41, 5.74) is 0. The van der Waals surface area contributed by atoms with E-state index < -0.39 is 0 Å². The molecule has 0 fully saturated rings. The molecule has 0 unspecified atom stereocenters. The van der Waals surface area contributed by atoms with Crippen LogP contribution in [0.5, 0.6) is 0 Å². The van der Waals surface area contributed by atoms with Crippen LogP contribution in [0, 0.1) is 0 Å². The Morgan fingerprint density at radius 1 is 0.933 bits per heavy atom. The number of nitrogens with zero attached hydrogens (tertiary/aromatic N) is 2. The highest BCUT2D eigenvalue weighted by molar-refractivity contribution is 4.90. The molecule has 2 N–H and O–H groups in total. The molecule has 80 valence electrons. The molecule has 4 heteroatoms. The van der Waals surface area contributed by atoms with E-state index in [1.165, 1.54) is 11.6 Å². The number of aromatic amines is 2. The van der Waals surface area contributed by atoms with Gasteiger partial charge >= 0.3 is 0 Å². The zero-order valence-corrected chi connectivity index (χ0v) is 9.33. The quantitative estimate of drug-likeness (QED) is 0.686. The molecular weight excluding hydrogens is 188 g/mol. The van der Waals surface area contributed by atoms with Gasteiger partial charge in [-0.1, -0.05) is 0 Å². The van der Waals surface area contributed by atoms with Crippen LogP contribution in [-0.2, 0) is 19.5 Å². The molecule has 0 aliphatic carbocycles. The highest BCUT2D eigenvalue weighted by Crippen LogP contribution is 1.96. The lowest BCUT2D eigenvalue weighted by Gasteiger charge is -1.96. The molecule has 0 radical (unpaired) electrons. The van der Waals surface area contributed by atoms with Gasteiger partial charge in [0.25, 0.3) is 11.6 Å². The Morgan fingerprint density at radius 3 is 1.80 bits per heavy atom. The highest BCUT2D eigenvalue weighted by Gasteiger charge is 2.17. The van der Waals surface area contributed by atoms with Gasteiger partial charge in [-0.2, -0.15) is 0 Å². The number of imidazole rings is 2. The van der Waals surface area contributed by atoms with Gasteiger partial charge in [0.05, 0.1) is 13.1 Å². The highest BCUT2D eigenvalue weighted by atomic mass is 15.1. The minimum Gasteiger partial charge on any atom is -0.247 e. The Balaban J connectivity index is 2.21. The second kappa shape index (κ2) is 4.29. The molecule has 0 saturated carbocycles. The van der Waals surface area contributed by atoms with Crippen LogP contribution >= 0.6 is 0 Å². The molecule has 0 aromatic carbocycles. The Bertz CT molecular complexity index is 387. The molecule has 2 rings (SSSR count). The fraction of sp³-hybridized carbons (Fsp3) is 0.455. The normalized spacial score (nSPS) is 10.8. The predicted molar refractivity (Wildman–Crippen MR) is 56.1 cm³/mol. The molecule has 0 atom stereocenters. The first-order chi connectivity index (χ1) is 7.35. The van der Waals surface area contributed by atoms with Gasteiger partial charge in [-0.15, -0.1) is 0 Å². The average molecular weight is 206 g/mol. The van der Waals surface area contributed by atoms with E-state index in [1.807, 2.05) is 12.4 Å². The van der Waals surface area contributed by atoms with Crippen molar-refractivity contribution in [3.63, 3.8) is 0 Å². The first-order valence-corrected chi connectivity index (χ1v) is 5.46. The fourth-order valence-corrected chi connectivity index (χ4v) is 1.85. The molecule has 0 amide bonds. The van der Waals surface area contributed by atoms with Crippen molar-refractivity contribution in [2.75, 3.05) is 0 Å². The molecule has 4 nitrogen and oxygen atoms in total. The lowest BCUT2D eigenvalue weighted by atomic mass is 10.3. The second-order valence-corrected chi connectivity index (χ2v) is 3.56. The number of H-pyrrole nitrogens is 2. The third kappa shape index (κ3) is 1.93. The van der Waals surface area contributed by atoms with E-state index in [0.29, 0.717) is 0 Å².